The molecule has 0 aromatic rings. The molecule has 0 bridgehead atoms. The molecule has 4 nitrogen and oxygen atoms in total. The van der Waals surface area contributed by atoms with Gasteiger partial charge in [-0.05, 0) is 19.3 Å². The van der Waals surface area contributed by atoms with Crippen LogP contribution in [0.3, 0.4) is 0 Å². The lowest BCUT2D eigenvalue weighted by atomic mass is 10.1. The van der Waals surface area contributed by atoms with E-state index in [1.807, 2.05) is 6.92 Å². The predicted molar refractivity (Wildman–Crippen MR) is 71.0 cm³/mol. The van der Waals surface area contributed by atoms with Gasteiger partial charge in [-0.3, -0.25) is 4.79 Å². The summed E-state index contributed by atoms with van der Waals surface area (Å²) < 4.78 is 5.11. The van der Waals surface area contributed by atoms with E-state index in [1.165, 1.54) is 0 Å². The first kappa shape index (κ1) is 16.4. The van der Waals surface area contributed by atoms with Crippen molar-refractivity contribution in [3.05, 3.63) is 0 Å². The molecule has 0 aliphatic heterocycles. The van der Waals surface area contributed by atoms with Crippen LogP contribution in [0.1, 0.15) is 40.5 Å². The number of hydrogen-bond donors (Lipinski definition) is 2. The van der Waals surface area contributed by atoms with Crippen molar-refractivity contribution in [2.45, 2.75) is 52.6 Å². The van der Waals surface area contributed by atoms with Gasteiger partial charge in [-0.2, -0.15) is 0 Å². The summed E-state index contributed by atoms with van der Waals surface area (Å²) in [5.41, 5.74) is 0. The Bertz CT molecular complexity index is 202. The van der Waals surface area contributed by atoms with Crippen LogP contribution < -0.4 is 10.6 Å². The Balaban J connectivity index is 3.87. The second kappa shape index (κ2) is 9.42. The summed E-state index contributed by atoms with van der Waals surface area (Å²) in [7, 11) is 1.69. The van der Waals surface area contributed by atoms with Crippen LogP contribution in [-0.2, 0) is 9.53 Å². The first-order valence-corrected chi connectivity index (χ1v) is 6.52. The Morgan fingerprint density at radius 3 is 2.41 bits per heavy atom. The van der Waals surface area contributed by atoms with Gasteiger partial charge < -0.3 is 15.4 Å². The molecule has 0 saturated heterocycles. The van der Waals surface area contributed by atoms with E-state index < -0.39 is 0 Å². The number of methoxy groups -OCH3 is 1. The van der Waals surface area contributed by atoms with Crippen LogP contribution in [-0.4, -0.2) is 38.3 Å². The summed E-state index contributed by atoms with van der Waals surface area (Å²) in [6.45, 7) is 9.38. The topological polar surface area (TPSA) is 50.4 Å². The van der Waals surface area contributed by atoms with Gasteiger partial charge in [-0.1, -0.05) is 27.2 Å². The number of rotatable bonds is 9. The molecule has 4 heteroatoms. The minimum atomic E-state index is 0.0587. The predicted octanol–water partition coefficient (Wildman–Crippen LogP) is 1.55. The summed E-state index contributed by atoms with van der Waals surface area (Å²) in [6, 6.07) is 0.487. The lowest BCUT2D eigenvalue weighted by Crippen LogP contribution is -2.44. The van der Waals surface area contributed by atoms with E-state index in [0.29, 0.717) is 19.1 Å². The summed E-state index contributed by atoms with van der Waals surface area (Å²) in [6.07, 6.45) is 2.12. The van der Waals surface area contributed by atoms with Gasteiger partial charge in [0.2, 0.25) is 5.91 Å². The molecule has 102 valence electrons. The van der Waals surface area contributed by atoms with E-state index in [9.17, 15) is 4.79 Å². The molecule has 0 aromatic carbocycles. The molecule has 2 unspecified atom stereocenters. The third kappa shape index (κ3) is 8.16. The Labute approximate surface area is 105 Å². The van der Waals surface area contributed by atoms with Gasteiger partial charge in [-0.25, -0.2) is 0 Å². The largest absolute Gasteiger partial charge is 0.383 e. The minimum Gasteiger partial charge on any atom is -0.383 e. The number of amides is 1. The quantitative estimate of drug-likeness (QED) is 0.647. The summed E-state index contributed by atoms with van der Waals surface area (Å²) in [5, 5.41) is 6.21. The molecule has 2 N–H and O–H groups in total. The monoisotopic (exact) mass is 244 g/mol. The minimum absolute atomic E-state index is 0.0587. The molecule has 0 aliphatic carbocycles. The first-order valence-electron chi connectivity index (χ1n) is 6.52. The molecule has 0 aromatic heterocycles. The first-order chi connectivity index (χ1) is 8.01. The van der Waals surface area contributed by atoms with Crippen molar-refractivity contribution in [1.29, 1.82) is 0 Å². The molecule has 0 heterocycles. The van der Waals surface area contributed by atoms with Crippen LogP contribution in [0.4, 0.5) is 0 Å². The highest BCUT2D eigenvalue weighted by molar-refractivity contribution is 5.78. The molecule has 0 saturated carbocycles. The highest BCUT2D eigenvalue weighted by atomic mass is 16.5. The number of hydrogen-bond acceptors (Lipinski definition) is 3. The zero-order valence-corrected chi connectivity index (χ0v) is 11.9. The van der Waals surface area contributed by atoms with Crippen molar-refractivity contribution in [3.63, 3.8) is 0 Å². The maximum Gasteiger partial charge on any atom is 0.234 e. The van der Waals surface area contributed by atoms with Crippen LogP contribution in [0, 0.1) is 5.92 Å². The van der Waals surface area contributed by atoms with Crippen molar-refractivity contribution in [2.75, 3.05) is 20.3 Å². The van der Waals surface area contributed by atoms with Gasteiger partial charge in [0, 0.05) is 19.2 Å². The third-order valence-electron chi connectivity index (χ3n) is 2.94. The van der Waals surface area contributed by atoms with Crippen molar-refractivity contribution in [1.82, 2.24) is 10.6 Å². The van der Waals surface area contributed by atoms with Crippen molar-refractivity contribution < 1.29 is 9.53 Å². The highest BCUT2D eigenvalue weighted by Gasteiger charge is 2.12. The SMILES string of the molecule is CCCC(COC)NCC(=O)NC(C)C(C)C. The number of ether oxygens (including phenoxy) is 1. The van der Waals surface area contributed by atoms with Crippen LogP contribution in [0.25, 0.3) is 0 Å². The summed E-state index contributed by atoms with van der Waals surface area (Å²) in [4.78, 5) is 11.7. The van der Waals surface area contributed by atoms with Crippen LogP contribution in [0.15, 0.2) is 0 Å². The number of nitrogens with one attached hydrogen (secondary N) is 2. The molecular weight excluding hydrogens is 216 g/mol. The lowest BCUT2D eigenvalue weighted by molar-refractivity contribution is -0.121. The van der Waals surface area contributed by atoms with Crippen LogP contribution in [0.5, 0.6) is 0 Å². The third-order valence-corrected chi connectivity index (χ3v) is 2.94. The molecular formula is C13H28N2O2. The van der Waals surface area contributed by atoms with Gasteiger partial charge in [0.1, 0.15) is 0 Å². The maximum absolute atomic E-state index is 11.7. The molecule has 0 spiro atoms. The molecule has 2 atom stereocenters. The van der Waals surface area contributed by atoms with E-state index in [-0.39, 0.29) is 18.0 Å². The highest BCUT2D eigenvalue weighted by Crippen LogP contribution is 1.99. The van der Waals surface area contributed by atoms with E-state index in [1.54, 1.807) is 7.11 Å². The van der Waals surface area contributed by atoms with Gasteiger partial charge >= 0.3 is 0 Å². The van der Waals surface area contributed by atoms with E-state index >= 15 is 0 Å². The Morgan fingerprint density at radius 1 is 1.29 bits per heavy atom. The zero-order valence-electron chi connectivity index (χ0n) is 11.9. The van der Waals surface area contributed by atoms with E-state index in [0.717, 1.165) is 12.8 Å². The average Bonchev–Trinajstić information content (AvgIpc) is 2.26. The standard InChI is InChI=1S/C13H28N2O2/c1-6-7-12(9-17-5)14-8-13(16)15-11(4)10(2)3/h10-12,14H,6-9H2,1-5H3,(H,15,16). The fraction of sp³-hybridized carbons (Fsp3) is 0.923. The second-order valence-electron chi connectivity index (χ2n) is 4.92. The van der Waals surface area contributed by atoms with Crippen LogP contribution >= 0.6 is 0 Å². The van der Waals surface area contributed by atoms with Gasteiger partial charge in [0.15, 0.2) is 0 Å². The van der Waals surface area contributed by atoms with Gasteiger partial charge in [-0.15, -0.1) is 0 Å². The molecule has 0 rings (SSSR count). The zero-order chi connectivity index (χ0) is 13.3. The van der Waals surface area contributed by atoms with Crippen molar-refractivity contribution >= 4 is 5.91 Å². The lowest BCUT2D eigenvalue weighted by Gasteiger charge is -2.20. The Hall–Kier alpha value is -0.610. The molecule has 17 heavy (non-hydrogen) atoms. The van der Waals surface area contributed by atoms with Gasteiger partial charge in [0.05, 0.1) is 13.2 Å². The number of carbonyl (C=O) groups is 1. The van der Waals surface area contributed by atoms with E-state index in [4.69, 9.17) is 4.74 Å². The fourth-order valence-corrected chi connectivity index (χ4v) is 1.50. The molecule has 0 fully saturated rings. The molecule has 0 radical (unpaired) electrons. The molecule has 0 aliphatic rings. The fourth-order valence-electron chi connectivity index (χ4n) is 1.50. The Kier molecular flexibility index (Phi) is 9.09. The van der Waals surface area contributed by atoms with Crippen molar-refractivity contribution in [3.8, 4) is 0 Å². The van der Waals surface area contributed by atoms with Gasteiger partial charge in [0.25, 0.3) is 0 Å². The second-order valence-corrected chi connectivity index (χ2v) is 4.92. The molecule has 1 amide bonds. The number of carbonyl (C=O) groups excluding carboxylic acids is 1. The smallest absolute Gasteiger partial charge is 0.234 e. The average molecular weight is 244 g/mol. The van der Waals surface area contributed by atoms with Crippen LogP contribution in [0.2, 0.25) is 0 Å². The summed E-state index contributed by atoms with van der Waals surface area (Å²) in [5.74, 6) is 0.521. The van der Waals surface area contributed by atoms with Crippen molar-refractivity contribution in [2.24, 2.45) is 5.92 Å². The van der Waals surface area contributed by atoms with E-state index in [2.05, 4.69) is 31.4 Å². The summed E-state index contributed by atoms with van der Waals surface area (Å²) >= 11 is 0. The maximum atomic E-state index is 11.7. The normalized spacial score (nSPS) is 14.7. The Morgan fingerprint density at radius 2 is 1.94 bits per heavy atom.